The molecule has 0 spiro atoms. The summed E-state index contributed by atoms with van der Waals surface area (Å²) in [6.07, 6.45) is 5.62. The third-order valence-electron chi connectivity index (χ3n) is 4.98. The second-order valence-corrected chi connectivity index (χ2v) is 8.08. The van der Waals surface area contributed by atoms with Crippen molar-refractivity contribution < 1.29 is 0 Å². The van der Waals surface area contributed by atoms with Crippen LogP contribution in [-0.4, -0.2) is 0 Å². The summed E-state index contributed by atoms with van der Waals surface area (Å²) in [6.45, 7) is 14.5. The highest BCUT2D eigenvalue weighted by Gasteiger charge is 2.14. The summed E-state index contributed by atoms with van der Waals surface area (Å²) in [5.41, 5.74) is 7.09. The molecule has 1 heteroatoms. The summed E-state index contributed by atoms with van der Waals surface area (Å²) in [5, 5.41) is 0. The molecule has 0 saturated heterocycles. The highest BCUT2D eigenvalue weighted by Crippen LogP contribution is 2.32. The van der Waals surface area contributed by atoms with Crippen LogP contribution < -0.4 is 4.90 Å². The van der Waals surface area contributed by atoms with E-state index in [1.165, 1.54) is 16.7 Å². The fourth-order valence-corrected chi connectivity index (χ4v) is 3.34. The first-order valence-corrected chi connectivity index (χ1v) is 9.95. The normalized spacial score (nSPS) is 11.8. The van der Waals surface area contributed by atoms with Gasteiger partial charge in [0.15, 0.2) is 0 Å². The average molecular weight is 380 g/mol. The molecule has 0 saturated carbocycles. The van der Waals surface area contributed by atoms with Gasteiger partial charge in [0.2, 0.25) is 0 Å². The first-order valence-electron chi connectivity index (χ1n) is 9.95. The summed E-state index contributed by atoms with van der Waals surface area (Å²) < 4.78 is 0. The molecular formula is C28H29N. The highest BCUT2D eigenvalue weighted by molar-refractivity contribution is 5.73. The number of anilines is 2. The van der Waals surface area contributed by atoms with E-state index in [0.717, 1.165) is 17.1 Å². The minimum atomic E-state index is 0.164. The predicted molar refractivity (Wildman–Crippen MR) is 128 cm³/mol. The van der Waals surface area contributed by atoms with Gasteiger partial charge in [0.25, 0.3) is 0 Å². The monoisotopic (exact) mass is 379 g/mol. The molecule has 0 atom stereocenters. The van der Waals surface area contributed by atoms with Crippen LogP contribution in [0.15, 0.2) is 116 Å². The number of nitrogens with zero attached hydrogens (tertiary/aromatic N) is 1. The van der Waals surface area contributed by atoms with Crippen LogP contribution >= 0.6 is 0 Å². The van der Waals surface area contributed by atoms with Crippen molar-refractivity contribution in [2.75, 3.05) is 4.90 Å². The molecule has 0 fully saturated rings. The zero-order valence-corrected chi connectivity index (χ0v) is 17.6. The van der Waals surface area contributed by atoms with Crippen LogP contribution in [0.3, 0.4) is 0 Å². The summed E-state index contributed by atoms with van der Waals surface area (Å²) in [6, 6.07) is 27.8. The molecule has 0 radical (unpaired) electrons. The van der Waals surface area contributed by atoms with Gasteiger partial charge in [-0.25, -0.2) is 0 Å². The lowest BCUT2D eigenvalue weighted by Gasteiger charge is -2.26. The molecule has 0 heterocycles. The van der Waals surface area contributed by atoms with E-state index in [-0.39, 0.29) is 5.41 Å². The molecule has 29 heavy (non-hydrogen) atoms. The second kappa shape index (κ2) is 8.79. The summed E-state index contributed by atoms with van der Waals surface area (Å²) in [7, 11) is 0. The molecule has 0 amide bonds. The Hall–Kier alpha value is -3.32. The maximum atomic E-state index is 3.99. The van der Waals surface area contributed by atoms with Crippen molar-refractivity contribution in [1.82, 2.24) is 0 Å². The van der Waals surface area contributed by atoms with Gasteiger partial charge >= 0.3 is 0 Å². The van der Waals surface area contributed by atoms with Gasteiger partial charge < -0.3 is 4.90 Å². The van der Waals surface area contributed by atoms with Crippen molar-refractivity contribution in [2.24, 2.45) is 0 Å². The molecule has 3 aromatic rings. The Morgan fingerprint density at radius 3 is 1.72 bits per heavy atom. The van der Waals surface area contributed by atoms with Crippen molar-refractivity contribution in [3.63, 3.8) is 0 Å². The molecular weight excluding hydrogens is 350 g/mol. The van der Waals surface area contributed by atoms with Crippen LogP contribution in [-0.2, 0) is 5.41 Å². The summed E-state index contributed by atoms with van der Waals surface area (Å²) in [5.74, 6) is 0. The van der Waals surface area contributed by atoms with Gasteiger partial charge in [0.05, 0.1) is 0 Å². The molecule has 3 rings (SSSR count). The van der Waals surface area contributed by atoms with Gasteiger partial charge in [-0.1, -0.05) is 94.6 Å². The zero-order chi connectivity index (χ0) is 20.9. The average Bonchev–Trinajstić information content (AvgIpc) is 2.74. The van der Waals surface area contributed by atoms with Gasteiger partial charge in [-0.2, -0.15) is 0 Å². The Balaban J connectivity index is 1.97. The van der Waals surface area contributed by atoms with Crippen molar-refractivity contribution in [3.8, 4) is 11.1 Å². The van der Waals surface area contributed by atoms with Gasteiger partial charge in [0, 0.05) is 17.1 Å². The number of allylic oxidation sites excluding steroid dienone is 3. The lowest BCUT2D eigenvalue weighted by Crippen LogP contribution is -2.14. The van der Waals surface area contributed by atoms with E-state index in [9.17, 15) is 0 Å². The molecule has 0 aliphatic carbocycles. The van der Waals surface area contributed by atoms with E-state index in [1.54, 1.807) is 6.08 Å². The van der Waals surface area contributed by atoms with E-state index < -0.39 is 0 Å². The highest BCUT2D eigenvalue weighted by atomic mass is 15.1. The number of rotatable bonds is 6. The Bertz CT molecular complexity index is 985. The number of benzene rings is 3. The second-order valence-electron chi connectivity index (χ2n) is 8.08. The predicted octanol–water partition coefficient (Wildman–Crippen LogP) is 8.05. The van der Waals surface area contributed by atoms with Crippen molar-refractivity contribution >= 4 is 11.4 Å². The van der Waals surface area contributed by atoms with Gasteiger partial charge in [-0.15, -0.1) is 0 Å². The molecule has 0 N–H and O–H groups in total. The van der Waals surface area contributed by atoms with Crippen LogP contribution in [0.2, 0.25) is 0 Å². The Morgan fingerprint density at radius 1 is 0.724 bits per heavy atom. The molecule has 3 aromatic carbocycles. The van der Waals surface area contributed by atoms with Crippen LogP contribution in [0.25, 0.3) is 11.1 Å². The van der Waals surface area contributed by atoms with E-state index in [1.807, 2.05) is 30.4 Å². The molecule has 0 aliphatic heterocycles. The standard InChI is InChI=1S/C28H29N/c1-6-11-25(7-2)29(26-12-9-8-10-13-26)27-20-16-23(17-21-27)22-14-18-24(19-15-22)28(3,4)5/h6-21H,1-2H2,3-5H3/b25-11+. The molecule has 0 unspecified atom stereocenters. The van der Waals surface area contributed by atoms with Gasteiger partial charge in [-0.05, 0) is 58.5 Å². The largest absolute Gasteiger partial charge is 0.311 e. The third-order valence-corrected chi connectivity index (χ3v) is 4.98. The summed E-state index contributed by atoms with van der Waals surface area (Å²) >= 11 is 0. The Morgan fingerprint density at radius 2 is 1.24 bits per heavy atom. The lowest BCUT2D eigenvalue weighted by molar-refractivity contribution is 0.590. The third kappa shape index (κ3) is 4.75. The Labute approximate surface area is 175 Å². The fourth-order valence-electron chi connectivity index (χ4n) is 3.34. The van der Waals surface area contributed by atoms with E-state index in [0.29, 0.717) is 0 Å². The maximum absolute atomic E-state index is 3.99. The fraction of sp³-hybridized carbons (Fsp3) is 0.143. The summed E-state index contributed by atoms with van der Waals surface area (Å²) in [4.78, 5) is 2.18. The molecule has 1 nitrogen and oxygen atoms in total. The Kier molecular flexibility index (Phi) is 6.19. The molecule has 146 valence electrons. The quantitative estimate of drug-likeness (QED) is 0.392. The number of para-hydroxylation sites is 1. The van der Waals surface area contributed by atoms with E-state index >= 15 is 0 Å². The van der Waals surface area contributed by atoms with Crippen molar-refractivity contribution in [1.29, 1.82) is 0 Å². The van der Waals surface area contributed by atoms with Crippen LogP contribution in [0.4, 0.5) is 11.4 Å². The van der Waals surface area contributed by atoms with E-state index in [2.05, 4.69) is 99.5 Å². The molecule has 0 bridgehead atoms. The lowest BCUT2D eigenvalue weighted by atomic mass is 9.86. The van der Waals surface area contributed by atoms with Crippen LogP contribution in [0.5, 0.6) is 0 Å². The molecule has 0 aliphatic rings. The smallest absolute Gasteiger partial charge is 0.0462 e. The number of hydrogen-bond acceptors (Lipinski definition) is 1. The van der Waals surface area contributed by atoms with Crippen molar-refractivity contribution in [3.05, 3.63) is 122 Å². The zero-order valence-electron chi connectivity index (χ0n) is 17.6. The first kappa shape index (κ1) is 20.4. The van der Waals surface area contributed by atoms with Gasteiger partial charge in [-0.3, -0.25) is 0 Å². The SMILES string of the molecule is C=C/C=C(\C=C)N(c1ccccc1)c1ccc(-c2ccc(C(C)(C)C)cc2)cc1. The van der Waals surface area contributed by atoms with Crippen molar-refractivity contribution in [2.45, 2.75) is 26.2 Å². The number of hydrogen-bond donors (Lipinski definition) is 0. The molecule has 0 aromatic heterocycles. The first-order chi connectivity index (χ1) is 13.9. The maximum Gasteiger partial charge on any atom is 0.0462 e. The van der Waals surface area contributed by atoms with Gasteiger partial charge in [0.1, 0.15) is 0 Å². The minimum absolute atomic E-state index is 0.164. The van der Waals surface area contributed by atoms with Crippen LogP contribution in [0.1, 0.15) is 26.3 Å². The topological polar surface area (TPSA) is 3.24 Å². The minimum Gasteiger partial charge on any atom is -0.311 e. The van der Waals surface area contributed by atoms with E-state index in [4.69, 9.17) is 0 Å². The van der Waals surface area contributed by atoms with Crippen LogP contribution in [0, 0.1) is 0 Å².